The molecule has 0 radical (unpaired) electrons. The van der Waals surface area contributed by atoms with E-state index in [0.717, 1.165) is 48.2 Å². The highest BCUT2D eigenvalue weighted by Crippen LogP contribution is 2.23. The Morgan fingerprint density at radius 3 is 2.61 bits per heavy atom. The minimum absolute atomic E-state index is 0.480. The molecule has 0 amide bonds. The molecule has 1 atom stereocenters. The monoisotopic (exact) mass is 425 g/mol. The van der Waals surface area contributed by atoms with E-state index in [0.29, 0.717) is 32.2 Å². The van der Waals surface area contributed by atoms with Gasteiger partial charge in [-0.2, -0.15) is 0 Å². The number of benzene rings is 2. The van der Waals surface area contributed by atoms with Gasteiger partial charge in [0, 0.05) is 38.2 Å². The van der Waals surface area contributed by atoms with Crippen molar-refractivity contribution < 1.29 is 14.2 Å². The van der Waals surface area contributed by atoms with E-state index in [4.69, 9.17) is 14.2 Å². The lowest BCUT2D eigenvalue weighted by molar-refractivity contribution is 0.166. The molecule has 0 aromatic heterocycles. The van der Waals surface area contributed by atoms with Crippen LogP contribution in [0.5, 0.6) is 11.5 Å². The summed E-state index contributed by atoms with van der Waals surface area (Å²) in [6.45, 7) is 10.5. The molecule has 1 fully saturated rings. The van der Waals surface area contributed by atoms with Gasteiger partial charge in [-0.25, -0.2) is 0 Å². The minimum atomic E-state index is 0.480. The van der Waals surface area contributed by atoms with Crippen LogP contribution in [-0.4, -0.2) is 39.4 Å². The van der Waals surface area contributed by atoms with Crippen LogP contribution in [0.1, 0.15) is 35.6 Å². The number of hydrogen-bond donors (Lipinski definition) is 2. The molecule has 2 aromatic carbocycles. The molecule has 1 unspecified atom stereocenters. The molecule has 1 aliphatic rings. The van der Waals surface area contributed by atoms with Gasteiger partial charge in [-0.1, -0.05) is 24.3 Å². The van der Waals surface area contributed by atoms with Crippen LogP contribution in [0, 0.1) is 19.8 Å². The summed E-state index contributed by atoms with van der Waals surface area (Å²) in [6, 6.07) is 12.6. The average Bonchev–Trinajstić information content (AvgIpc) is 3.29. The Labute approximate surface area is 186 Å². The maximum atomic E-state index is 6.15. The Morgan fingerprint density at radius 1 is 1.06 bits per heavy atom. The van der Waals surface area contributed by atoms with Crippen molar-refractivity contribution in [1.82, 2.24) is 10.6 Å². The van der Waals surface area contributed by atoms with E-state index in [9.17, 15) is 0 Å². The standard InChI is InChI=1S/C25H35N3O3/c1-5-30-23-9-7-20(13-19(23)3)14-27-25(26-4)28-15-22-8-6-18(2)12-24(22)31-17-21-10-11-29-16-21/h6-9,12-13,21H,5,10-11,14-17H2,1-4H3,(H2,26,27,28). The molecule has 3 rings (SSSR count). The van der Waals surface area contributed by atoms with Crippen LogP contribution in [-0.2, 0) is 17.8 Å². The number of ether oxygens (including phenoxy) is 3. The van der Waals surface area contributed by atoms with Crippen molar-refractivity contribution in [3.63, 3.8) is 0 Å². The zero-order valence-corrected chi connectivity index (χ0v) is 19.2. The first kappa shape index (κ1) is 22.9. The van der Waals surface area contributed by atoms with Gasteiger partial charge in [0.2, 0.25) is 0 Å². The minimum Gasteiger partial charge on any atom is -0.494 e. The highest BCUT2D eigenvalue weighted by Gasteiger charge is 2.17. The summed E-state index contributed by atoms with van der Waals surface area (Å²) >= 11 is 0. The summed E-state index contributed by atoms with van der Waals surface area (Å²) in [5.41, 5.74) is 4.62. The molecule has 1 aliphatic heterocycles. The molecule has 6 heteroatoms. The lowest BCUT2D eigenvalue weighted by Crippen LogP contribution is -2.36. The molecule has 0 bridgehead atoms. The van der Waals surface area contributed by atoms with Crippen LogP contribution < -0.4 is 20.1 Å². The molecule has 0 saturated carbocycles. The summed E-state index contributed by atoms with van der Waals surface area (Å²) in [5, 5.41) is 6.78. The smallest absolute Gasteiger partial charge is 0.191 e. The van der Waals surface area contributed by atoms with Crippen LogP contribution in [0.25, 0.3) is 0 Å². The van der Waals surface area contributed by atoms with Gasteiger partial charge < -0.3 is 24.8 Å². The van der Waals surface area contributed by atoms with E-state index in [2.05, 4.69) is 59.8 Å². The molecule has 2 N–H and O–H groups in total. The number of nitrogens with one attached hydrogen (secondary N) is 2. The third kappa shape index (κ3) is 6.89. The summed E-state index contributed by atoms with van der Waals surface area (Å²) in [7, 11) is 1.78. The second-order valence-electron chi connectivity index (χ2n) is 7.96. The van der Waals surface area contributed by atoms with E-state index < -0.39 is 0 Å². The number of guanidine groups is 1. The normalized spacial score (nSPS) is 16.3. The predicted molar refractivity (Wildman–Crippen MR) is 125 cm³/mol. The lowest BCUT2D eigenvalue weighted by atomic mass is 10.1. The Balaban J connectivity index is 1.54. The third-order valence-corrected chi connectivity index (χ3v) is 5.39. The van der Waals surface area contributed by atoms with Gasteiger partial charge in [-0.05, 0) is 56.0 Å². The molecule has 31 heavy (non-hydrogen) atoms. The molecular formula is C25H35N3O3. The van der Waals surface area contributed by atoms with Crippen molar-refractivity contribution in [3.8, 4) is 11.5 Å². The van der Waals surface area contributed by atoms with Gasteiger partial charge in [-0.15, -0.1) is 0 Å². The summed E-state index contributed by atoms with van der Waals surface area (Å²) in [5.74, 6) is 3.09. The average molecular weight is 426 g/mol. The zero-order chi connectivity index (χ0) is 22.1. The predicted octanol–water partition coefficient (Wildman–Crippen LogP) is 3.98. The SMILES string of the molecule is CCOc1ccc(CNC(=NC)NCc2ccc(C)cc2OCC2CCOC2)cc1C. The molecule has 1 saturated heterocycles. The fourth-order valence-corrected chi connectivity index (χ4v) is 3.59. The van der Waals surface area contributed by atoms with Crippen LogP contribution in [0.15, 0.2) is 41.4 Å². The molecule has 168 valence electrons. The first-order valence-electron chi connectivity index (χ1n) is 11.1. The number of nitrogens with zero attached hydrogens (tertiary/aromatic N) is 1. The Kier molecular flexibility index (Phi) is 8.59. The second kappa shape index (κ2) is 11.6. The third-order valence-electron chi connectivity index (χ3n) is 5.39. The maximum Gasteiger partial charge on any atom is 0.191 e. The maximum absolute atomic E-state index is 6.15. The molecule has 0 spiro atoms. The largest absolute Gasteiger partial charge is 0.494 e. The molecule has 1 heterocycles. The quantitative estimate of drug-likeness (QED) is 0.470. The summed E-state index contributed by atoms with van der Waals surface area (Å²) < 4.78 is 17.2. The fourth-order valence-electron chi connectivity index (χ4n) is 3.59. The topological polar surface area (TPSA) is 64.1 Å². The highest BCUT2D eigenvalue weighted by atomic mass is 16.5. The van der Waals surface area contributed by atoms with Crippen LogP contribution >= 0.6 is 0 Å². The Morgan fingerprint density at radius 2 is 1.90 bits per heavy atom. The van der Waals surface area contributed by atoms with Crippen LogP contribution in [0.4, 0.5) is 0 Å². The van der Waals surface area contributed by atoms with Crippen molar-refractivity contribution in [2.24, 2.45) is 10.9 Å². The number of aliphatic imine (C=N–C) groups is 1. The van der Waals surface area contributed by atoms with E-state index in [1.807, 2.05) is 13.0 Å². The van der Waals surface area contributed by atoms with Gasteiger partial charge >= 0.3 is 0 Å². The van der Waals surface area contributed by atoms with E-state index in [1.165, 1.54) is 11.1 Å². The van der Waals surface area contributed by atoms with Crippen molar-refractivity contribution in [3.05, 3.63) is 58.7 Å². The van der Waals surface area contributed by atoms with Gasteiger partial charge in [0.25, 0.3) is 0 Å². The Bertz CT molecular complexity index is 876. The molecule has 6 nitrogen and oxygen atoms in total. The number of aryl methyl sites for hydroxylation is 2. The second-order valence-corrected chi connectivity index (χ2v) is 7.96. The lowest BCUT2D eigenvalue weighted by Gasteiger charge is -2.17. The van der Waals surface area contributed by atoms with Crippen molar-refractivity contribution in [1.29, 1.82) is 0 Å². The van der Waals surface area contributed by atoms with E-state index in [-0.39, 0.29) is 0 Å². The van der Waals surface area contributed by atoms with E-state index in [1.54, 1.807) is 7.05 Å². The zero-order valence-electron chi connectivity index (χ0n) is 19.2. The van der Waals surface area contributed by atoms with E-state index >= 15 is 0 Å². The van der Waals surface area contributed by atoms with Crippen molar-refractivity contribution in [2.45, 2.75) is 40.3 Å². The molecule has 2 aromatic rings. The molecule has 0 aliphatic carbocycles. The fraction of sp³-hybridized carbons (Fsp3) is 0.480. The number of rotatable bonds is 9. The van der Waals surface area contributed by atoms with Crippen LogP contribution in [0.2, 0.25) is 0 Å². The van der Waals surface area contributed by atoms with Crippen LogP contribution in [0.3, 0.4) is 0 Å². The number of hydrogen-bond acceptors (Lipinski definition) is 4. The van der Waals surface area contributed by atoms with Gasteiger partial charge in [0.05, 0.1) is 19.8 Å². The Hall–Kier alpha value is -2.73. The van der Waals surface area contributed by atoms with Crippen molar-refractivity contribution in [2.75, 3.05) is 33.5 Å². The molecular weight excluding hydrogens is 390 g/mol. The van der Waals surface area contributed by atoms with Crippen molar-refractivity contribution >= 4 is 5.96 Å². The first-order chi connectivity index (χ1) is 15.1. The van der Waals surface area contributed by atoms with Gasteiger partial charge in [-0.3, -0.25) is 4.99 Å². The summed E-state index contributed by atoms with van der Waals surface area (Å²) in [6.07, 6.45) is 1.07. The van der Waals surface area contributed by atoms with Gasteiger partial charge in [0.1, 0.15) is 11.5 Å². The summed E-state index contributed by atoms with van der Waals surface area (Å²) in [4.78, 5) is 4.36. The first-order valence-corrected chi connectivity index (χ1v) is 11.1. The highest BCUT2D eigenvalue weighted by molar-refractivity contribution is 5.79. The van der Waals surface area contributed by atoms with Gasteiger partial charge in [0.15, 0.2) is 5.96 Å².